The zero-order chi connectivity index (χ0) is 15.2. The molecule has 1 heterocycles. The lowest BCUT2D eigenvalue weighted by atomic mass is 10.0. The van der Waals surface area contributed by atoms with Crippen LogP contribution in [0.15, 0.2) is 18.2 Å². The van der Waals surface area contributed by atoms with E-state index < -0.39 is 0 Å². The number of rotatable bonds is 2. The van der Waals surface area contributed by atoms with Crippen molar-refractivity contribution >= 4 is 17.5 Å². The fourth-order valence-corrected chi connectivity index (χ4v) is 2.55. The first-order chi connectivity index (χ1) is 10.1. The number of carbonyl (C=O) groups excluding carboxylic acids is 1. The molecule has 1 aliphatic heterocycles. The number of piperidine rings is 1. The molecule has 21 heavy (non-hydrogen) atoms. The summed E-state index contributed by atoms with van der Waals surface area (Å²) in [6, 6.07) is 5.40. The molecule has 1 fully saturated rings. The summed E-state index contributed by atoms with van der Waals surface area (Å²) in [5.41, 5.74) is 6.59. The summed E-state index contributed by atoms with van der Waals surface area (Å²) in [5, 5.41) is 3.54. The van der Waals surface area contributed by atoms with Gasteiger partial charge in [0.25, 0.3) is 5.91 Å². The molecular formula is C16H20ClN3O. The Hall–Kier alpha value is -1.54. The third-order valence-electron chi connectivity index (χ3n) is 3.61. The van der Waals surface area contributed by atoms with Crippen LogP contribution in [-0.2, 0) is 0 Å². The maximum atomic E-state index is 12.2. The van der Waals surface area contributed by atoms with Gasteiger partial charge in [-0.15, -0.1) is 0 Å². The lowest BCUT2D eigenvalue weighted by Crippen LogP contribution is -2.43. The molecular weight excluding hydrogens is 286 g/mol. The van der Waals surface area contributed by atoms with E-state index in [1.807, 2.05) is 0 Å². The van der Waals surface area contributed by atoms with Gasteiger partial charge in [-0.05, 0) is 51.2 Å². The van der Waals surface area contributed by atoms with E-state index in [1.54, 1.807) is 18.2 Å². The van der Waals surface area contributed by atoms with E-state index in [4.69, 9.17) is 17.3 Å². The van der Waals surface area contributed by atoms with Crippen LogP contribution in [0.4, 0.5) is 0 Å². The third-order valence-corrected chi connectivity index (χ3v) is 3.92. The number of likely N-dealkylation sites (tertiary alicyclic amines) is 1. The van der Waals surface area contributed by atoms with Crippen molar-refractivity contribution in [2.75, 3.05) is 26.7 Å². The highest BCUT2D eigenvalue weighted by atomic mass is 35.5. The molecule has 0 radical (unpaired) electrons. The van der Waals surface area contributed by atoms with Gasteiger partial charge in [0.1, 0.15) is 0 Å². The Morgan fingerprint density at radius 1 is 1.48 bits per heavy atom. The quantitative estimate of drug-likeness (QED) is 0.814. The zero-order valence-corrected chi connectivity index (χ0v) is 12.9. The number of halogens is 1. The summed E-state index contributed by atoms with van der Waals surface area (Å²) >= 11 is 6.14. The first kappa shape index (κ1) is 15.8. The van der Waals surface area contributed by atoms with Crippen LogP contribution in [-0.4, -0.2) is 43.5 Å². The lowest BCUT2D eigenvalue weighted by Gasteiger charge is -2.29. The van der Waals surface area contributed by atoms with Crippen LogP contribution >= 0.6 is 11.6 Å². The SMILES string of the molecule is CN1CCC(NC(=O)c2ccc(C#CCN)c(Cl)c2)CC1. The van der Waals surface area contributed by atoms with Gasteiger partial charge in [0.05, 0.1) is 11.6 Å². The molecule has 0 bridgehead atoms. The Bertz CT molecular complexity index is 569. The molecule has 1 saturated heterocycles. The van der Waals surface area contributed by atoms with Crippen molar-refractivity contribution in [3.63, 3.8) is 0 Å². The molecule has 0 unspecified atom stereocenters. The predicted octanol–water partition coefficient (Wildman–Crippen LogP) is 1.47. The van der Waals surface area contributed by atoms with Gasteiger partial charge in [-0.25, -0.2) is 0 Å². The number of amides is 1. The van der Waals surface area contributed by atoms with Crippen molar-refractivity contribution in [1.29, 1.82) is 0 Å². The molecule has 5 heteroatoms. The predicted molar refractivity (Wildman–Crippen MR) is 85.4 cm³/mol. The molecule has 0 saturated carbocycles. The van der Waals surface area contributed by atoms with Crippen molar-refractivity contribution in [3.05, 3.63) is 34.3 Å². The smallest absolute Gasteiger partial charge is 0.251 e. The van der Waals surface area contributed by atoms with Crippen LogP contribution in [0.3, 0.4) is 0 Å². The molecule has 4 nitrogen and oxygen atoms in total. The van der Waals surface area contributed by atoms with Gasteiger partial charge in [0, 0.05) is 17.2 Å². The van der Waals surface area contributed by atoms with Gasteiger partial charge in [0.2, 0.25) is 0 Å². The van der Waals surface area contributed by atoms with Crippen molar-refractivity contribution in [3.8, 4) is 11.8 Å². The topological polar surface area (TPSA) is 58.4 Å². The molecule has 1 aromatic rings. The molecule has 0 aliphatic carbocycles. The molecule has 0 aromatic heterocycles. The average molecular weight is 306 g/mol. The van der Waals surface area contributed by atoms with Crippen molar-refractivity contribution in [2.45, 2.75) is 18.9 Å². The monoisotopic (exact) mass is 305 g/mol. The standard InChI is InChI=1S/C16H20ClN3O/c1-20-9-6-14(7-10-20)19-16(21)13-5-4-12(3-2-8-18)15(17)11-13/h4-5,11,14H,6-10,18H2,1H3,(H,19,21). The van der Waals surface area contributed by atoms with Gasteiger partial charge >= 0.3 is 0 Å². The van der Waals surface area contributed by atoms with E-state index in [0.29, 0.717) is 16.1 Å². The van der Waals surface area contributed by atoms with Crippen LogP contribution in [0.5, 0.6) is 0 Å². The summed E-state index contributed by atoms with van der Waals surface area (Å²) < 4.78 is 0. The fraction of sp³-hybridized carbons (Fsp3) is 0.438. The van der Waals surface area contributed by atoms with Crippen LogP contribution in [0.1, 0.15) is 28.8 Å². The molecule has 1 aliphatic rings. The van der Waals surface area contributed by atoms with Crippen molar-refractivity contribution in [1.82, 2.24) is 10.2 Å². The van der Waals surface area contributed by atoms with E-state index in [0.717, 1.165) is 25.9 Å². The Morgan fingerprint density at radius 2 is 2.19 bits per heavy atom. The maximum Gasteiger partial charge on any atom is 0.251 e. The molecule has 0 spiro atoms. The van der Waals surface area contributed by atoms with Gasteiger partial charge in [-0.3, -0.25) is 4.79 Å². The minimum absolute atomic E-state index is 0.0789. The van der Waals surface area contributed by atoms with Crippen LogP contribution in [0, 0.1) is 11.8 Å². The Labute approximate surface area is 130 Å². The van der Waals surface area contributed by atoms with Crippen LogP contribution < -0.4 is 11.1 Å². The Morgan fingerprint density at radius 3 is 2.81 bits per heavy atom. The second kappa shape index (κ2) is 7.46. The number of benzene rings is 1. The van der Waals surface area contributed by atoms with Gasteiger partial charge in [-0.1, -0.05) is 23.4 Å². The van der Waals surface area contributed by atoms with E-state index in [-0.39, 0.29) is 18.5 Å². The summed E-state index contributed by atoms with van der Waals surface area (Å²) in [7, 11) is 2.10. The number of nitrogens with zero attached hydrogens (tertiary/aromatic N) is 1. The molecule has 3 N–H and O–H groups in total. The number of nitrogens with two attached hydrogens (primary N) is 1. The average Bonchev–Trinajstić information content (AvgIpc) is 2.48. The maximum absolute atomic E-state index is 12.2. The van der Waals surface area contributed by atoms with E-state index in [2.05, 4.69) is 29.1 Å². The van der Waals surface area contributed by atoms with E-state index in [9.17, 15) is 4.79 Å². The number of carbonyl (C=O) groups is 1. The summed E-state index contributed by atoms with van der Waals surface area (Å²) in [6.07, 6.45) is 1.96. The Balaban J connectivity index is 2.01. The van der Waals surface area contributed by atoms with Gasteiger partial charge < -0.3 is 16.0 Å². The van der Waals surface area contributed by atoms with Crippen LogP contribution in [0.2, 0.25) is 5.02 Å². The van der Waals surface area contributed by atoms with E-state index in [1.165, 1.54) is 0 Å². The molecule has 112 valence electrons. The molecule has 1 amide bonds. The molecule has 0 atom stereocenters. The summed E-state index contributed by atoms with van der Waals surface area (Å²) in [5.74, 6) is 5.55. The highest BCUT2D eigenvalue weighted by molar-refractivity contribution is 6.32. The summed E-state index contributed by atoms with van der Waals surface area (Å²) in [4.78, 5) is 14.5. The normalized spacial score (nSPS) is 16.1. The third kappa shape index (κ3) is 4.47. The number of nitrogens with one attached hydrogen (secondary N) is 1. The van der Waals surface area contributed by atoms with Crippen molar-refractivity contribution < 1.29 is 4.79 Å². The largest absolute Gasteiger partial charge is 0.349 e. The number of hydrogen-bond acceptors (Lipinski definition) is 3. The second-order valence-corrected chi connectivity index (χ2v) is 5.66. The van der Waals surface area contributed by atoms with E-state index >= 15 is 0 Å². The van der Waals surface area contributed by atoms with Gasteiger partial charge in [-0.2, -0.15) is 0 Å². The summed E-state index contributed by atoms with van der Waals surface area (Å²) in [6.45, 7) is 2.31. The lowest BCUT2D eigenvalue weighted by molar-refractivity contribution is 0.0917. The highest BCUT2D eigenvalue weighted by Crippen LogP contribution is 2.17. The second-order valence-electron chi connectivity index (χ2n) is 5.25. The first-order valence-corrected chi connectivity index (χ1v) is 7.46. The Kier molecular flexibility index (Phi) is 5.63. The van der Waals surface area contributed by atoms with Crippen LogP contribution in [0.25, 0.3) is 0 Å². The van der Waals surface area contributed by atoms with Gasteiger partial charge in [0.15, 0.2) is 0 Å². The molecule has 1 aromatic carbocycles. The zero-order valence-electron chi connectivity index (χ0n) is 12.2. The molecule has 2 rings (SSSR count). The highest BCUT2D eigenvalue weighted by Gasteiger charge is 2.19. The first-order valence-electron chi connectivity index (χ1n) is 7.08. The van der Waals surface area contributed by atoms with Crippen molar-refractivity contribution in [2.24, 2.45) is 5.73 Å². The minimum Gasteiger partial charge on any atom is -0.349 e. The minimum atomic E-state index is -0.0789. The number of hydrogen-bond donors (Lipinski definition) is 2. The fourth-order valence-electron chi connectivity index (χ4n) is 2.33.